The van der Waals surface area contributed by atoms with Crippen molar-refractivity contribution >= 4 is 17.6 Å². The van der Waals surface area contributed by atoms with Gasteiger partial charge in [-0.15, -0.1) is 0 Å². The second-order valence-electron chi connectivity index (χ2n) is 4.50. The van der Waals surface area contributed by atoms with Crippen molar-refractivity contribution in [2.75, 3.05) is 13.2 Å². The van der Waals surface area contributed by atoms with Crippen LogP contribution >= 0.6 is 11.8 Å². The highest BCUT2D eigenvalue weighted by molar-refractivity contribution is 7.99. The minimum Gasteiger partial charge on any atom is -0.486 e. The highest BCUT2D eigenvalue weighted by Crippen LogP contribution is 2.35. The molecule has 1 aromatic carbocycles. The molecule has 0 saturated heterocycles. The van der Waals surface area contributed by atoms with Crippen molar-refractivity contribution in [3.05, 3.63) is 35.7 Å². The highest BCUT2D eigenvalue weighted by Gasteiger charge is 2.13. The zero-order valence-corrected chi connectivity index (χ0v) is 12.2. The molecule has 0 amide bonds. The average Bonchev–Trinajstić information content (AvgIpc) is 2.46. The van der Waals surface area contributed by atoms with Gasteiger partial charge in [0.1, 0.15) is 24.7 Å². The predicted octanol–water partition coefficient (Wildman–Crippen LogP) is 1.99. The monoisotopic (exact) mass is 302 g/mol. The summed E-state index contributed by atoms with van der Waals surface area (Å²) in [5, 5.41) is 8.03. The number of fused-ring (bicyclic) bond motifs is 1. The third-order valence-electron chi connectivity index (χ3n) is 2.83. The van der Waals surface area contributed by atoms with Gasteiger partial charge in [-0.3, -0.25) is 5.41 Å². The van der Waals surface area contributed by atoms with Crippen molar-refractivity contribution in [1.82, 2.24) is 9.97 Å². The lowest BCUT2D eigenvalue weighted by molar-refractivity contribution is 0.171. The van der Waals surface area contributed by atoms with E-state index >= 15 is 0 Å². The minimum absolute atomic E-state index is 0.0653. The minimum atomic E-state index is -0.0653. The SMILES string of the molecule is Cc1cc(C(=N)N)nc(Sc2ccc3c(c2)OCCO3)n1. The van der Waals surface area contributed by atoms with E-state index < -0.39 is 0 Å². The number of nitrogens with two attached hydrogens (primary N) is 1. The van der Waals surface area contributed by atoms with Crippen molar-refractivity contribution in [2.24, 2.45) is 5.73 Å². The lowest BCUT2D eigenvalue weighted by Gasteiger charge is -2.18. The largest absolute Gasteiger partial charge is 0.486 e. The first kappa shape index (κ1) is 13.7. The summed E-state index contributed by atoms with van der Waals surface area (Å²) in [6.07, 6.45) is 0. The Morgan fingerprint density at radius 2 is 1.95 bits per heavy atom. The number of nitrogens with one attached hydrogen (secondary N) is 1. The molecule has 108 valence electrons. The van der Waals surface area contributed by atoms with Crippen molar-refractivity contribution in [1.29, 1.82) is 5.41 Å². The number of nitrogens with zero attached hydrogens (tertiary/aromatic N) is 2. The van der Waals surface area contributed by atoms with E-state index in [1.165, 1.54) is 11.8 Å². The fourth-order valence-electron chi connectivity index (χ4n) is 1.92. The Morgan fingerprint density at radius 1 is 1.19 bits per heavy atom. The van der Waals surface area contributed by atoms with E-state index in [9.17, 15) is 0 Å². The maximum absolute atomic E-state index is 7.47. The second-order valence-corrected chi connectivity index (χ2v) is 5.54. The summed E-state index contributed by atoms with van der Waals surface area (Å²) in [6.45, 7) is 2.97. The molecule has 0 bridgehead atoms. The van der Waals surface area contributed by atoms with Crippen LogP contribution in [-0.2, 0) is 0 Å². The van der Waals surface area contributed by atoms with Gasteiger partial charge in [-0.25, -0.2) is 9.97 Å². The van der Waals surface area contributed by atoms with Crippen LogP contribution in [0, 0.1) is 12.3 Å². The molecule has 0 radical (unpaired) electrons. The Labute approximate surface area is 126 Å². The molecule has 2 heterocycles. The molecule has 0 saturated carbocycles. The zero-order chi connectivity index (χ0) is 14.8. The number of benzene rings is 1. The number of aromatic nitrogens is 2. The highest BCUT2D eigenvalue weighted by atomic mass is 32.2. The maximum Gasteiger partial charge on any atom is 0.193 e. The summed E-state index contributed by atoms with van der Waals surface area (Å²) in [4.78, 5) is 9.57. The molecule has 0 atom stereocenters. The molecule has 0 aliphatic carbocycles. The average molecular weight is 302 g/mol. The number of rotatable bonds is 3. The van der Waals surface area contributed by atoms with Crippen LogP contribution in [0.15, 0.2) is 34.3 Å². The van der Waals surface area contributed by atoms with Gasteiger partial charge in [-0.2, -0.15) is 0 Å². The molecular weight excluding hydrogens is 288 g/mol. The number of amidine groups is 1. The van der Waals surface area contributed by atoms with Crippen LogP contribution in [-0.4, -0.2) is 29.0 Å². The van der Waals surface area contributed by atoms with Gasteiger partial charge in [0, 0.05) is 10.6 Å². The molecular formula is C14H14N4O2S. The Kier molecular flexibility index (Phi) is 3.66. The zero-order valence-electron chi connectivity index (χ0n) is 11.4. The van der Waals surface area contributed by atoms with Crippen molar-refractivity contribution in [2.45, 2.75) is 17.0 Å². The van der Waals surface area contributed by atoms with Gasteiger partial charge in [-0.05, 0) is 43.0 Å². The molecule has 21 heavy (non-hydrogen) atoms. The number of hydrogen-bond donors (Lipinski definition) is 2. The summed E-state index contributed by atoms with van der Waals surface area (Å²) < 4.78 is 11.0. The quantitative estimate of drug-likeness (QED) is 0.511. The molecule has 7 heteroatoms. The molecule has 0 unspecified atom stereocenters. The van der Waals surface area contributed by atoms with E-state index in [-0.39, 0.29) is 5.84 Å². The van der Waals surface area contributed by atoms with Crippen LogP contribution in [0.5, 0.6) is 11.5 Å². The Bertz CT molecular complexity index is 705. The first-order valence-electron chi connectivity index (χ1n) is 6.39. The van der Waals surface area contributed by atoms with Crippen LogP contribution < -0.4 is 15.2 Å². The van der Waals surface area contributed by atoms with E-state index in [0.29, 0.717) is 24.1 Å². The number of aryl methyl sites for hydroxylation is 1. The normalized spacial score (nSPS) is 13.0. The topological polar surface area (TPSA) is 94.1 Å². The Morgan fingerprint density at radius 3 is 2.71 bits per heavy atom. The molecule has 2 aromatic rings. The molecule has 3 rings (SSSR count). The summed E-state index contributed by atoms with van der Waals surface area (Å²) in [7, 11) is 0. The van der Waals surface area contributed by atoms with E-state index in [4.69, 9.17) is 20.6 Å². The number of ether oxygens (including phenoxy) is 2. The van der Waals surface area contributed by atoms with Crippen molar-refractivity contribution in [3.63, 3.8) is 0 Å². The molecule has 0 fully saturated rings. The van der Waals surface area contributed by atoms with Gasteiger partial charge >= 0.3 is 0 Å². The van der Waals surface area contributed by atoms with Gasteiger partial charge in [0.05, 0.1) is 0 Å². The second kappa shape index (κ2) is 5.61. The van der Waals surface area contributed by atoms with Gasteiger partial charge in [0.15, 0.2) is 16.7 Å². The summed E-state index contributed by atoms with van der Waals surface area (Å²) in [6, 6.07) is 7.39. The maximum atomic E-state index is 7.47. The number of nitrogen functional groups attached to an aromatic ring is 1. The molecule has 3 N–H and O–H groups in total. The van der Waals surface area contributed by atoms with Gasteiger partial charge in [0.25, 0.3) is 0 Å². The van der Waals surface area contributed by atoms with Gasteiger partial charge in [0.2, 0.25) is 0 Å². The van der Waals surface area contributed by atoms with Crippen molar-refractivity contribution < 1.29 is 9.47 Å². The third-order valence-corrected chi connectivity index (χ3v) is 3.69. The van der Waals surface area contributed by atoms with E-state index in [1.54, 1.807) is 6.07 Å². The lowest BCUT2D eigenvalue weighted by atomic mass is 10.3. The van der Waals surface area contributed by atoms with Crippen molar-refractivity contribution in [3.8, 4) is 11.5 Å². The van der Waals surface area contributed by atoms with E-state index in [0.717, 1.165) is 22.1 Å². The molecule has 0 spiro atoms. The van der Waals surface area contributed by atoms with Crippen LogP contribution in [0.25, 0.3) is 0 Å². The first-order valence-corrected chi connectivity index (χ1v) is 7.21. The van der Waals surface area contributed by atoms with Crippen LogP contribution in [0.3, 0.4) is 0 Å². The summed E-state index contributed by atoms with van der Waals surface area (Å²) in [5.41, 5.74) is 6.69. The summed E-state index contributed by atoms with van der Waals surface area (Å²) in [5.74, 6) is 1.41. The van der Waals surface area contributed by atoms with Crippen LogP contribution in [0.1, 0.15) is 11.4 Å². The van der Waals surface area contributed by atoms with Crippen LogP contribution in [0.2, 0.25) is 0 Å². The Hall–Kier alpha value is -2.28. The Balaban J connectivity index is 1.88. The fourth-order valence-corrected chi connectivity index (χ4v) is 2.76. The van der Waals surface area contributed by atoms with Crippen LogP contribution in [0.4, 0.5) is 0 Å². The van der Waals surface area contributed by atoms with E-state index in [1.807, 2.05) is 25.1 Å². The van der Waals surface area contributed by atoms with E-state index in [2.05, 4.69) is 9.97 Å². The molecule has 1 aromatic heterocycles. The predicted molar refractivity (Wildman–Crippen MR) is 79.3 cm³/mol. The fraction of sp³-hybridized carbons (Fsp3) is 0.214. The standard InChI is InChI=1S/C14H14N4O2S/c1-8-6-10(13(15)16)18-14(17-8)21-9-2-3-11-12(7-9)20-5-4-19-11/h2-3,6-7H,4-5H2,1H3,(H3,15,16). The lowest BCUT2D eigenvalue weighted by Crippen LogP contribution is -2.15. The third kappa shape index (κ3) is 3.08. The number of hydrogen-bond acceptors (Lipinski definition) is 6. The van der Waals surface area contributed by atoms with Gasteiger partial charge < -0.3 is 15.2 Å². The first-order chi connectivity index (χ1) is 10.1. The molecule has 6 nitrogen and oxygen atoms in total. The van der Waals surface area contributed by atoms with Gasteiger partial charge in [-0.1, -0.05) is 0 Å². The smallest absolute Gasteiger partial charge is 0.193 e. The molecule has 1 aliphatic rings. The summed E-state index contributed by atoms with van der Waals surface area (Å²) >= 11 is 1.40. The molecule has 1 aliphatic heterocycles.